The van der Waals surface area contributed by atoms with E-state index in [1.807, 2.05) is 0 Å². The summed E-state index contributed by atoms with van der Waals surface area (Å²) in [4.78, 5) is 5.22. The molecule has 1 N–H and O–H groups in total. The van der Waals surface area contributed by atoms with Crippen LogP contribution in [0.3, 0.4) is 0 Å². The Morgan fingerprint density at radius 3 is 2.16 bits per heavy atom. The lowest BCUT2D eigenvalue weighted by Crippen LogP contribution is -2.50. The van der Waals surface area contributed by atoms with Crippen LogP contribution in [0.4, 0.5) is 0 Å². The molecule has 0 unspecified atom stereocenters. The van der Waals surface area contributed by atoms with Gasteiger partial charge in [-0.05, 0) is 26.7 Å². The third kappa shape index (κ3) is 5.41. The summed E-state index contributed by atoms with van der Waals surface area (Å²) in [6.45, 7) is 12.1. The van der Waals surface area contributed by atoms with Gasteiger partial charge in [0.2, 0.25) is 0 Å². The molecular formula is C16H33N3. The molecule has 3 heteroatoms. The zero-order valence-corrected chi connectivity index (χ0v) is 13.0. The zero-order valence-electron chi connectivity index (χ0n) is 13.0. The molecule has 2 rings (SSSR count). The largest absolute Gasteiger partial charge is 0.313 e. The van der Waals surface area contributed by atoms with Crippen molar-refractivity contribution in [3.8, 4) is 0 Å². The predicted octanol–water partition coefficient (Wildman–Crippen LogP) is 2.32. The summed E-state index contributed by atoms with van der Waals surface area (Å²) < 4.78 is 0. The fraction of sp³-hybridized carbons (Fsp3) is 1.00. The van der Waals surface area contributed by atoms with Gasteiger partial charge in [0.05, 0.1) is 0 Å². The predicted molar refractivity (Wildman–Crippen MR) is 82.6 cm³/mol. The molecule has 0 bridgehead atoms. The van der Waals surface area contributed by atoms with E-state index in [1.54, 1.807) is 0 Å². The van der Waals surface area contributed by atoms with Crippen LogP contribution in [0.25, 0.3) is 0 Å². The van der Waals surface area contributed by atoms with Crippen molar-refractivity contribution in [2.24, 2.45) is 0 Å². The van der Waals surface area contributed by atoms with Gasteiger partial charge in [0, 0.05) is 51.4 Å². The molecule has 0 aromatic heterocycles. The highest BCUT2D eigenvalue weighted by Crippen LogP contribution is 2.17. The highest BCUT2D eigenvalue weighted by molar-refractivity contribution is 4.76. The maximum atomic E-state index is 3.79. The van der Waals surface area contributed by atoms with Crippen molar-refractivity contribution in [3.05, 3.63) is 0 Å². The van der Waals surface area contributed by atoms with Gasteiger partial charge in [-0.1, -0.05) is 25.7 Å². The quantitative estimate of drug-likeness (QED) is 0.771. The highest BCUT2D eigenvalue weighted by Gasteiger charge is 2.18. The number of hydrogen-bond donors (Lipinski definition) is 1. The highest BCUT2D eigenvalue weighted by atomic mass is 15.3. The topological polar surface area (TPSA) is 18.5 Å². The maximum Gasteiger partial charge on any atom is 0.0113 e. The summed E-state index contributed by atoms with van der Waals surface area (Å²) >= 11 is 0. The van der Waals surface area contributed by atoms with Crippen LogP contribution >= 0.6 is 0 Å². The monoisotopic (exact) mass is 267 g/mol. The normalized spacial score (nSPS) is 24.8. The third-order valence-corrected chi connectivity index (χ3v) is 4.85. The second-order valence-corrected chi connectivity index (χ2v) is 6.61. The first-order chi connectivity index (χ1) is 9.25. The first kappa shape index (κ1) is 15.3. The van der Waals surface area contributed by atoms with Crippen molar-refractivity contribution in [1.82, 2.24) is 15.1 Å². The van der Waals surface area contributed by atoms with E-state index in [4.69, 9.17) is 0 Å². The zero-order chi connectivity index (χ0) is 13.5. The molecule has 1 aliphatic carbocycles. The van der Waals surface area contributed by atoms with Crippen LogP contribution < -0.4 is 5.32 Å². The minimum Gasteiger partial charge on any atom is -0.313 e. The van der Waals surface area contributed by atoms with Gasteiger partial charge < -0.3 is 5.32 Å². The molecule has 0 amide bonds. The Morgan fingerprint density at radius 1 is 0.947 bits per heavy atom. The van der Waals surface area contributed by atoms with Gasteiger partial charge in [-0.15, -0.1) is 0 Å². The summed E-state index contributed by atoms with van der Waals surface area (Å²) in [6.07, 6.45) is 8.59. The molecule has 112 valence electrons. The third-order valence-electron chi connectivity index (χ3n) is 4.85. The van der Waals surface area contributed by atoms with E-state index in [-0.39, 0.29) is 0 Å². The van der Waals surface area contributed by atoms with Crippen molar-refractivity contribution in [2.75, 3.05) is 39.3 Å². The van der Waals surface area contributed by atoms with E-state index in [0.717, 1.165) is 6.04 Å². The number of rotatable bonds is 5. The van der Waals surface area contributed by atoms with Gasteiger partial charge in [0.15, 0.2) is 0 Å². The Labute approximate surface area is 119 Å². The van der Waals surface area contributed by atoms with E-state index in [9.17, 15) is 0 Å². The van der Waals surface area contributed by atoms with Crippen molar-refractivity contribution in [2.45, 2.75) is 64.5 Å². The summed E-state index contributed by atoms with van der Waals surface area (Å²) in [5.41, 5.74) is 0. The fourth-order valence-corrected chi connectivity index (χ4v) is 3.41. The standard InChI is InChI=1S/C16H33N3/c1-15(2)19-13-11-18(12-14-19)10-9-17-16-7-5-3-4-6-8-16/h15-17H,3-14H2,1-2H3. The van der Waals surface area contributed by atoms with Gasteiger partial charge in [-0.3, -0.25) is 9.80 Å². The number of hydrogen-bond acceptors (Lipinski definition) is 3. The summed E-state index contributed by atoms with van der Waals surface area (Å²) in [7, 11) is 0. The van der Waals surface area contributed by atoms with E-state index in [0.29, 0.717) is 6.04 Å². The molecule has 0 atom stereocenters. The van der Waals surface area contributed by atoms with Gasteiger partial charge in [0.1, 0.15) is 0 Å². The molecule has 0 aromatic rings. The molecule has 0 radical (unpaired) electrons. The lowest BCUT2D eigenvalue weighted by molar-refractivity contribution is 0.108. The lowest BCUT2D eigenvalue weighted by Gasteiger charge is -2.37. The fourth-order valence-electron chi connectivity index (χ4n) is 3.41. The summed E-state index contributed by atoms with van der Waals surface area (Å²) in [5.74, 6) is 0. The first-order valence-corrected chi connectivity index (χ1v) is 8.45. The molecule has 2 aliphatic rings. The van der Waals surface area contributed by atoms with Crippen molar-refractivity contribution in [1.29, 1.82) is 0 Å². The van der Waals surface area contributed by atoms with Crippen LogP contribution in [0.15, 0.2) is 0 Å². The van der Waals surface area contributed by atoms with Crippen LogP contribution in [0.1, 0.15) is 52.4 Å². The van der Waals surface area contributed by atoms with Crippen LogP contribution in [-0.2, 0) is 0 Å². The molecule has 0 aromatic carbocycles. The Hall–Kier alpha value is -0.120. The van der Waals surface area contributed by atoms with Gasteiger partial charge in [0.25, 0.3) is 0 Å². The van der Waals surface area contributed by atoms with Crippen LogP contribution in [0.5, 0.6) is 0 Å². The van der Waals surface area contributed by atoms with Gasteiger partial charge in [-0.2, -0.15) is 0 Å². The molecule has 19 heavy (non-hydrogen) atoms. The lowest BCUT2D eigenvalue weighted by atomic mass is 10.1. The maximum absolute atomic E-state index is 3.79. The van der Waals surface area contributed by atoms with Crippen LogP contribution in [-0.4, -0.2) is 61.2 Å². The van der Waals surface area contributed by atoms with E-state index >= 15 is 0 Å². The minimum absolute atomic E-state index is 0.714. The molecular weight excluding hydrogens is 234 g/mol. The Bertz CT molecular complexity index is 226. The average molecular weight is 267 g/mol. The molecule has 1 aliphatic heterocycles. The molecule has 1 saturated carbocycles. The van der Waals surface area contributed by atoms with E-state index < -0.39 is 0 Å². The molecule has 2 fully saturated rings. The van der Waals surface area contributed by atoms with Gasteiger partial charge >= 0.3 is 0 Å². The van der Waals surface area contributed by atoms with E-state index in [2.05, 4.69) is 29.0 Å². The molecule has 1 saturated heterocycles. The second kappa shape index (κ2) is 8.23. The van der Waals surface area contributed by atoms with E-state index in [1.165, 1.54) is 77.8 Å². The first-order valence-electron chi connectivity index (χ1n) is 8.45. The Morgan fingerprint density at radius 2 is 1.58 bits per heavy atom. The average Bonchev–Trinajstić information content (AvgIpc) is 2.68. The van der Waals surface area contributed by atoms with Crippen LogP contribution in [0.2, 0.25) is 0 Å². The Balaban J connectivity index is 1.56. The van der Waals surface area contributed by atoms with Crippen molar-refractivity contribution in [3.63, 3.8) is 0 Å². The summed E-state index contributed by atoms with van der Waals surface area (Å²) in [6, 6.07) is 1.52. The molecule has 1 heterocycles. The number of nitrogens with zero attached hydrogens (tertiary/aromatic N) is 2. The smallest absolute Gasteiger partial charge is 0.0113 e. The second-order valence-electron chi connectivity index (χ2n) is 6.61. The van der Waals surface area contributed by atoms with Gasteiger partial charge in [-0.25, -0.2) is 0 Å². The van der Waals surface area contributed by atoms with Crippen molar-refractivity contribution >= 4 is 0 Å². The molecule has 3 nitrogen and oxygen atoms in total. The molecule has 0 spiro atoms. The minimum atomic E-state index is 0.714. The SMILES string of the molecule is CC(C)N1CCN(CCNC2CCCCCC2)CC1. The van der Waals surface area contributed by atoms with Crippen molar-refractivity contribution < 1.29 is 0 Å². The number of nitrogens with one attached hydrogen (secondary N) is 1. The van der Waals surface area contributed by atoms with Crippen LogP contribution in [0, 0.1) is 0 Å². The Kier molecular flexibility index (Phi) is 6.62. The summed E-state index contributed by atoms with van der Waals surface area (Å²) in [5, 5.41) is 3.79. The number of piperazine rings is 1.